The third kappa shape index (κ3) is 3.26. The summed E-state index contributed by atoms with van der Waals surface area (Å²) in [5.41, 5.74) is 1.55. The summed E-state index contributed by atoms with van der Waals surface area (Å²) in [5, 5.41) is 12.4. The summed E-state index contributed by atoms with van der Waals surface area (Å²) < 4.78 is 19.2. The minimum atomic E-state index is -0.339. The molecule has 0 fully saturated rings. The molecule has 0 amide bonds. The van der Waals surface area contributed by atoms with Gasteiger partial charge in [-0.15, -0.1) is 0 Å². The summed E-state index contributed by atoms with van der Waals surface area (Å²) in [6.45, 7) is 1.83. The Morgan fingerprint density at radius 2 is 2.10 bits per heavy atom. The van der Waals surface area contributed by atoms with E-state index in [9.17, 15) is 4.39 Å². The Kier molecular flexibility index (Phi) is 4.66. The summed E-state index contributed by atoms with van der Waals surface area (Å²) in [5.74, 6) is 0.142. The van der Waals surface area contributed by atoms with Crippen LogP contribution in [0.1, 0.15) is 24.1 Å². The second-order valence-electron chi connectivity index (χ2n) is 4.53. The Morgan fingerprint density at radius 1 is 1.33 bits per heavy atom. The Bertz CT molecular complexity index is 697. The van der Waals surface area contributed by atoms with Gasteiger partial charge in [0, 0.05) is 5.69 Å². The SMILES string of the molecule is COc1cccc(F)c1C(C)Nc1ccc(C#N)c(Cl)c1. The topological polar surface area (TPSA) is 45.0 Å². The Hall–Kier alpha value is -2.25. The quantitative estimate of drug-likeness (QED) is 0.902. The van der Waals surface area contributed by atoms with E-state index in [2.05, 4.69) is 5.32 Å². The van der Waals surface area contributed by atoms with Crippen LogP contribution in [-0.4, -0.2) is 7.11 Å². The van der Waals surface area contributed by atoms with Gasteiger partial charge in [0.15, 0.2) is 0 Å². The Morgan fingerprint density at radius 3 is 2.71 bits per heavy atom. The van der Waals surface area contributed by atoms with Gasteiger partial charge in [-0.05, 0) is 37.3 Å². The highest BCUT2D eigenvalue weighted by molar-refractivity contribution is 6.32. The van der Waals surface area contributed by atoms with Crippen molar-refractivity contribution in [2.24, 2.45) is 0 Å². The number of nitrogens with one attached hydrogen (secondary N) is 1. The molecule has 0 saturated heterocycles. The van der Waals surface area contributed by atoms with Crippen molar-refractivity contribution in [2.45, 2.75) is 13.0 Å². The van der Waals surface area contributed by atoms with Crippen LogP contribution in [0.15, 0.2) is 36.4 Å². The fourth-order valence-electron chi connectivity index (χ4n) is 2.13. The molecule has 108 valence electrons. The third-order valence-corrected chi connectivity index (χ3v) is 3.45. The molecule has 1 unspecified atom stereocenters. The molecule has 1 N–H and O–H groups in total. The molecule has 2 aromatic carbocycles. The number of hydrogen-bond donors (Lipinski definition) is 1. The number of nitriles is 1. The molecule has 0 aromatic heterocycles. The molecule has 21 heavy (non-hydrogen) atoms. The number of methoxy groups -OCH3 is 1. The number of halogens is 2. The van der Waals surface area contributed by atoms with Gasteiger partial charge in [0.2, 0.25) is 0 Å². The summed E-state index contributed by atoms with van der Waals surface area (Å²) >= 11 is 5.99. The van der Waals surface area contributed by atoms with Gasteiger partial charge >= 0.3 is 0 Å². The number of rotatable bonds is 4. The maximum Gasteiger partial charge on any atom is 0.132 e. The van der Waals surface area contributed by atoms with Gasteiger partial charge in [-0.25, -0.2) is 4.39 Å². The van der Waals surface area contributed by atoms with E-state index in [-0.39, 0.29) is 11.9 Å². The van der Waals surface area contributed by atoms with E-state index >= 15 is 0 Å². The zero-order chi connectivity index (χ0) is 15.4. The lowest BCUT2D eigenvalue weighted by Gasteiger charge is -2.19. The predicted molar refractivity (Wildman–Crippen MR) is 81.2 cm³/mol. The standard InChI is InChI=1S/C16H14ClFN2O/c1-10(16-14(18)4-3-5-15(16)21-2)20-12-7-6-11(9-19)13(17)8-12/h3-8,10,20H,1-2H3. The van der Waals surface area contributed by atoms with Crippen molar-refractivity contribution >= 4 is 17.3 Å². The lowest BCUT2D eigenvalue weighted by molar-refractivity contribution is 0.402. The highest BCUT2D eigenvalue weighted by Crippen LogP contribution is 2.31. The van der Waals surface area contributed by atoms with Gasteiger partial charge < -0.3 is 10.1 Å². The number of hydrogen-bond acceptors (Lipinski definition) is 3. The van der Waals surface area contributed by atoms with Gasteiger partial charge in [0.05, 0.1) is 29.3 Å². The molecule has 0 bridgehead atoms. The van der Waals surface area contributed by atoms with Crippen molar-refractivity contribution in [3.8, 4) is 11.8 Å². The fraction of sp³-hybridized carbons (Fsp3) is 0.188. The Balaban J connectivity index is 2.28. The summed E-state index contributed by atoms with van der Waals surface area (Å²) in [4.78, 5) is 0. The summed E-state index contributed by atoms with van der Waals surface area (Å²) in [7, 11) is 1.50. The van der Waals surface area contributed by atoms with Crippen molar-refractivity contribution < 1.29 is 9.13 Å². The lowest BCUT2D eigenvalue weighted by Crippen LogP contribution is -2.10. The normalized spacial score (nSPS) is 11.6. The first-order valence-electron chi connectivity index (χ1n) is 6.35. The van der Waals surface area contributed by atoms with Gasteiger partial charge in [-0.2, -0.15) is 5.26 Å². The number of benzene rings is 2. The zero-order valence-electron chi connectivity index (χ0n) is 11.7. The molecule has 0 aliphatic rings. The highest BCUT2D eigenvalue weighted by Gasteiger charge is 2.16. The van der Waals surface area contributed by atoms with Crippen LogP contribution in [0.5, 0.6) is 5.75 Å². The first kappa shape index (κ1) is 15.1. The molecule has 0 saturated carbocycles. The molecular weight excluding hydrogens is 291 g/mol. The summed E-state index contributed by atoms with van der Waals surface area (Å²) in [6.07, 6.45) is 0. The highest BCUT2D eigenvalue weighted by atomic mass is 35.5. The van der Waals surface area contributed by atoms with E-state index < -0.39 is 0 Å². The molecule has 0 heterocycles. The van der Waals surface area contributed by atoms with Gasteiger partial charge in [0.1, 0.15) is 17.6 Å². The van der Waals surface area contributed by atoms with Gasteiger partial charge in [0.25, 0.3) is 0 Å². The van der Waals surface area contributed by atoms with Gasteiger partial charge in [-0.1, -0.05) is 17.7 Å². The maximum absolute atomic E-state index is 14.0. The molecular formula is C16H14ClFN2O. The van der Waals surface area contributed by atoms with E-state index in [1.54, 1.807) is 30.3 Å². The molecule has 2 rings (SSSR count). The molecule has 2 aromatic rings. The van der Waals surface area contributed by atoms with E-state index in [1.807, 2.05) is 13.0 Å². The second kappa shape index (κ2) is 6.47. The zero-order valence-corrected chi connectivity index (χ0v) is 12.4. The fourth-order valence-corrected chi connectivity index (χ4v) is 2.36. The first-order valence-corrected chi connectivity index (χ1v) is 6.73. The Labute approximate surface area is 127 Å². The number of anilines is 1. The van der Waals surface area contributed by atoms with E-state index in [1.165, 1.54) is 13.2 Å². The lowest BCUT2D eigenvalue weighted by atomic mass is 10.1. The number of ether oxygens (including phenoxy) is 1. The predicted octanol–water partition coefficient (Wildman–Crippen LogP) is 4.53. The third-order valence-electron chi connectivity index (χ3n) is 3.14. The van der Waals surface area contributed by atoms with Crippen LogP contribution >= 0.6 is 11.6 Å². The maximum atomic E-state index is 14.0. The van der Waals surface area contributed by atoms with Crippen molar-refractivity contribution in [1.82, 2.24) is 0 Å². The average Bonchev–Trinajstić information content (AvgIpc) is 2.46. The van der Waals surface area contributed by atoms with E-state index in [0.29, 0.717) is 27.6 Å². The smallest absolute Gasteiger partial charge is 0.132 e. The molecule has 1 atom stereocenters. The van der Waals surface area contributed by atoms with Gasteiger partial charge in [-0.3, -0.25) is 0 Å². The molecule has 0 spiro atoms. The van der Waals surface area contributed by atoms with E-state index in [0.717, 1.165) is 0 Å². The van der Waals surface area contributed by atoms with Crippen molar-refractivity contribution in [1.29, 1.82) is 5.26 Å². The first-order chi connectivity index (χ1) is 10.1. The molecule has 5 heteroatoms. The number of nitrogens with zero attached hydrogens (tertiary/aromatic N) is 1. The van der Waals surface area contributed by atoms with Crippen molar-refractivity contribution in [3.63, 3.8) is 0 Å². The van der Waals surface area contributed by atoms with Crippen molar-refractivity contribution in [2.75, 3.05) is 12.4 Å². The molecule has 0 aliphatic carbocycles. The van der Waals surface area contributed by atoms with Crippen LogP contribution in [0.3, 0.4) is 0 Å². The molecule has 3 nitrogen and oxygen atoms in total. The second-order valence-corrected chi connectivity index (χ2v) is 4.94. The van der Waals surface area contributed by atoms with Crippen LogP contribution in [0.4, 0.5) is 10.1 Å². The van der Waals surface area contributed by atoms with Crippen LogP contribution in [0, 0.1) is 17.1 Å². The van der Waals surface area contributed by atoms with Crippen LogP contribution in [0.25, 0.3) is 0 Å². The average molecular weight is 305 g/mol. The van der Waals surface area contributed by atoms with Crippen LogP contribution in [-0.2, 0) is 0 Å². The monoisotopic (exact) mass is 304 g/mol. The molecule has 0 aliphatic heterocycles. The van der Waals surface area contributed by atoms with Crippen LogP contribution in [0.2, 0.25) is 5.02 Å². The largest absolute Gasteiger partial charge is 0.496 e. The minimum Gasteiger partial charge on any atom is -0.496 e. The molecule has 0 radical (unpaired) electrons. The van der Waals surface area contributed by atoms with Crippen LogP contribution < -0.4 is 10.1 Å². The minimum absolute atomic E-state index is 0.315. The van der Waals surface area contributed by atoms with Crippen molar-refractivity contribution in [3.05, 3.63) is 58.4 Å². The van der Waals surface area contributed by atoms with E-state index in [4.69, 9.17) is 21.6 Å². The summed E-state index contributed by atoms with van der Waals surface area (Å²) in [6, 6.07) is 11.4.